The van der Waals surface area contributed by atoms with E-state index in [1.165, 1.54) is 25.4 Å². The van der Waals surface area contributed by atoms with E-state index in [1.54, 1.807) is 6.07 Å². The smallest absolute Gasteiger partial charge is 0.235 e. The highest BCUT2D eigenvalue weighted by molar-refractivity contribution is 5.90. The van der Waals surface area contributed by atoms with Crippen LogP contribution in [0.5, 0.6) is 5.75 Å². The summed E-state index contributed by atoms with van der Waals surface area (Å²) in [4.78, 5) is 12.4. The van der Waals surface area contributed by atoms with Gasteiger partial charge in [0.1, 0.15) is 5.75 Å². The summed E-state index contributed by atoms with van der Waals surface area (Å²) in [7, 11) is 1.43. The van der Waals surface area contributed by atoms with Crippen molar-refractivity contribution in [3.05, 3.63) is 46.0 Å². The molecule has 2 rings (SSSR count). The van der Waals surface area contributed by atoms with Crippen molar-refractivity contribution in [2.45, 2.75) is 0 Å². The van der Waals surface area contributed by atoms with Gasteiger partial charge in [0.05, 0.1) is 17.5 Å². The molecule has 6 heteroatoms. The van der Waals surface area contributed by atoms with E-state index in [4.69, 9.17) is 4.74 Å². The summed E-state index contributed by atoms with van der Waals surface area (Å²) < 4.78 is 18.5. The van der Waals surface area contributed by atoms with E-state index in [-0.39, 0.29) is 0 Å². The van der Waals surface area contributed by atoms with Gasteiger partial charge in [-0.15, -0.1) is 0 Å². The molecular formula is C11H9FN2O3. The van der Waals surface area contributed by atoms with Crippen molar-refractivity contribution in [2.24, 2.45) is 0 Å². The third kappa shape index (κ3) is 2.10. The van der Waals surface area contributed by atoms with Crippen LogP contribution in [0.3, 0.4) is 0 Å². The van der Waals surface area contributed by atoms with Crippen LogP contribution < -0.4 is 4.74 Å². The lowest BCUT2D eigenvalue weighted by atomic mass is 10.1. The van der Waals surface area contributed by atoms with E-state index < -0.39 is 10.7 Å². The third-order valence-electron chi connectivity index (χ3n) is 2.36. The summed E-state index contributed by atoms with van der Waals surface area (Å²) in [5.41, 5.74) is 0.836. The third-order valence-corrected chi connectivity index (χ3v) is 2.36. The first-order valence-electron chi connectivity index (χ1n) is 4.78. The SMILES string of the molecule is COc1cc(F)c2[nH]cc(/C=C/[N+](=O)[O-])c2c1. The maximum Gasteiger partial charge on any atom is 0.235 e. The number of fused-ring (bicyclic) bond motifs is 1. The predicted molar refractivity (Wildman–Crippen MR) is 60.8 cm³/mol. The summed E-state index contributed by atoms with van der Waals surface area (Å²) in [6, 6.07) is 2.87. The lowest BCUT2D eigenvalue weighted by molar-refractivity contribution is -0.400. The highest BCUT2D eigenvalue weighted by Gasteiger charge is 2.09. The molecule has 0 amide bonds. The molecule has 0 unspecified atom stereocenters. The van der Waals surface area contributed by atoms with Gasteiger partial charge < -0.3 is 9.72 Å². The molecular weight excluding hydrogens is 227 g/mol. The molecule has 5 nitrogen and oxygen atoms in total. The Morgan fingerprint density at radius 2 is 2.29 bits per heavy atom. The Labute approximate surface area is 95.7 Å². The van der Waals surface area contributed by atoms with Crippen molar-refractivity contribution in [1.82, 2.24) is 4.98 Å². The molecule has 1 aromatic carbocycles. The molecule has 0 saturated carbocycles. The number of halogens is 1. The summed E-state index contributed by atoms with van der Waals surface area (Å²) in [5.74, 6) is -0.0922. The molecule has 0 aliphatic heterocycles. The van der Waals surface area contributed by atoms with Gasteiger partial charge in [0.25, 0.3) is 0 Å². The van der Waals surface area contributed by atoms with Crippen molar-refractivity contribution in [3.8, 4) is 5.75 Å². The number of methoxy groups -OCH3 is 1. The molecule has 0 aliphatic carbocycles. The van der Waals surface area contributed by atoms with Gasteiger partial charge in [-0.3, -0.25) is 10.1 Å². The van der Waals surface area contributed by atoms with Crippen molar-refractivity contribution in [2.75, 3.05) is 7.11 Å². The standard InChI is InChI=1S/C11H9FN2O3/c1-17-8-4-9-7(2-3-14(15)16)6-13-11(9)10(12)5-8/h2-6,13H,1H3/b3-2+. The predicted octanol–water partition coefficient (Wildman–Crippen LogP) is 2.56. The second kappa shape index (κ2) is 4.25. The fraction of sp³-hybridized carbons (Fsp3) is 0.0909. The lowest BCUT2D eigenvalue weighted by Crippen LogP contribution is -1.86. The molecule has 1 heterocycles. The maximum atomic E-state index is 13.6. The number of H-pyrrole nitrogens is 1. The zero-order valence-electron chi connectivity index (χ0n) is 8.94. The van der Waals surface area contributed by atoms with E-state index in [2.05, 4.69) is 4.98 Å². The number of hydrogen-bond donors (Lipinski definition) is 1. The summed E-state index contributed by atoms with van der Waals surface area (Å²) in [5, 5.41) is 10.8. The van der Waals surface area contributed by atoms with Crippen LogP contribution in [0, 0.1) is 15.9 Å². The quantitative estimate of drug-likeness (QED) is 0.657. The van der Waals surface area contributed by atoms with E-state index in [0.29, 0.717) is 22.2 Å². The van der Waals surface area contributed by atoms with Crippen LogP contribution in [0.15, 0.2) is 24.5 Å². The minimum absolute atomic E-state index is 0.300. The number of aromatic nitrogens is 1. The molecule has 1 N–H and O–H groups in total. The number of aromatic amines is 1. The Bertz CT molecular complexity index is 604. The molecule has 0 aliphatic rings. The monoisotopic (exact) mass is 236 g/mol. The fourth-order valence-electron chi connectivity index (χ4n) is 1.58. The zero-order valence-corrected chi connectivity index (χ0v) is 8.94. The highest BCUT2D eigenvalue weighted by atomic mass is 19.1. The molecule has 2 aromatic rings. The Morgan fingerprint density at radius 1 is 1.53 bits per heavy atom. The van der Waals surface area contributed by atoms with Gasteiger partial charge in [-0.25, -0.2) is 4.39 Å². The van der Waals surface area contributed by atoms with Gasteiger partial charge in [-0.1, -0.05) is 0 Å². The Balaban J connectivity index is 2.58. The number of nitrogens with one attached hydrogen (secondary N) is 1. The zero-order chi connectivity index (χ0) is 12.4. The Hall–Kier alpha value is -2.37. The van der Waals surface area contributed by atoms with Crippen LogP contribution in [0.1, 0.15) is 5.56 Å². The number of ether oxygens (including phenoxy) is 1. The lowest BCUT2D eigenvalue weighted by Gasteiger charge is -2.00. The first-order chi connectivity index (χ1) is 8.11. The first kappa shape index (κ1) is 11.1. The number of hydrogen-bond acceptors (Lipinski definition) is 3. The van der Waals surface area contributed by atoms with Crippen LogP contribution in [0.2, 0.25) is 0 Å². The largest absolute Gasteiger partial charge is 0.497 e. The summed E-state index contributed by atoms with van der Waals surface area (Å²) >= 11 is 0. The second-order valence-electron chi connectivity index (χ2n) is 3.38. The van der Waals surface area contributed by atoms with E-state index >= 15 is 0 Å². The average molecular weight is 236 g/mol. The first-order valence-corrected chi connectivity index (χ1v) is 4.78. The molecule has 0 saturated heterocycles. The topological polar surface area (TPSA) is 68.2 Å². The Kier molecular flexibility index (Phi) is 2.78. The fourth-order valence-corrected chi connectivity index (χ4v) is 1.58. The number of benzene rings is 1. The van der Waals surface area contributed by atoms with Crippen LogP contribution in [-0.4, -0.2) is 17.0 Å². The van der Waals surface area contributed by atoms with Crippen molar-refractivity contribution in [1.29, 1.82) is 0 Å². The molecule has 0 spiro atoms. The van der Waals surface area contributed by atoms with Gasteiger partial charge >= 0.3 is 0 Å². The van der Waals surface area contributed by atoms with Crippen LogP contribution in [0.25, 0.3) is 17.0 Å². The molecule has 0 radical (unpaired) electrons. The maximum absolute atomic E-state index is 13.6. The number of nitro groups is 1. The molecule has 17 heavy (non-hydrogen) atoms. The molecule has 88 valence electrons. The summed E-state index contributed by atoms with van der Waals surface area (Å²) in [6.45, 7) is 0. The van der Waals surface area contributed by atoms with Gasteiger partial charge in [-0.05, 0) is 6.07 Å². The van der Waals surface area contributed by atoms with Crippen LogP contribution in [0.4, 0.5) is 4.39 Å². The normalized spacial score (nSPS) is 11.2. The van der Waals surface area contributed by atoms with E-state index in [9.17, 15) is 14.5 Å². The summed E-state index contributed by atoms with van der Waals surface area (Å²) in [6.07, 6.45) is 3.62. The molecule has 0 fully saturated rings. The van der Waals surface area contributed by atoms with Crippen LogP contribution >= 0.6 is 0 Å². The Morgan fingerprint density at radius 3 is 2.94 bits per heavy atom. The second-order valence-corrected chi connectivity index (χ2v) is 3.38. The van der Waals surface area contributed by atoms with Crippen molar-refractivity contribution >= 4 is 17.0 Å². The molecule has 1 aromatic heterocycles. The van der Waals surface area contributed by atoms with Crippen molar-refractivity contribution < 1.29 is 14.1 Å². The van der Waals surface area contributed by atoms with Gasteiger partial charge in [-0.2, -0.15) is 0 Å². The van der Waals surface area contributed by atoms with E-state index in [0.717, 1.165) is 6.20 Å². The van der Waals surface area contributed by atoms with Gasteiger partial charge in [0, 0.05) is 29.3 Å². The molecule has 0 bridgehead atoms. The van der Waals surface area contributed by atoms with Gasteiger partial charge in [0.2, 0.25) is 6.20 Å². The average Bonchev–Trinajstić information content (AvgIpc) is 2.69. The molecule has 0 atom stereocenters. The minimum atomic E-state index is -0.574. The highest BCUT2D eigenvalue weighted by Crippen LogP contribution is 2.27. The van der Waals surface area contributed by atoms with Crippen LogP contribution in [-0.2, 0) is 0 Å². The number of rotatable bonds is 3. The van der Waals surface area contributed by atoms with Crippen molar-refractivity contribution in [3.63, 3.8) is 0 Å². The van der Waals surface area contributed by atoms with Gasteiger partial charge in [0.15, 0.2) is 5.82 Å². The minimum Gasteiger partial charge on any atom is -0.497 e. The van der Waals surface area contributed by atoms with E-state index in [1.807, 2.05) is 0 Å². The number of nitrogens with zero attached hydrogens (tertiary/aromatic N) is 1.